The second-order valence-electron chi connectivity index (χ2n) is 4.74. The Hall–Kier alpha value is -1.81. The molecule has 1 N–H and O–H groups in total. The number of hydrogen-bond acceptors (Lipinski definition) is 4. The molecule has 0 radical (unpaired) electrons. The van der Waals surface area contributed by atoms with Crippen molar-refractivity contribution in [2.75, 3.05) is 11.9 Å². The smallest absolute Gasteiger partial charge is 0.138 e. The minimum atomic E-state index is 0.497. The van der Waals surface area contributed by atoms with Gasteiger partial charge in [-0.05, 0) is 32.4 Å². The lowest BCUT2D eigenvalue weighted by Gasteiger charge is -2.12. The molecule has 112 valence electrons. The van der Waals surface area contributed by atoms with Crippen molar-refractivity contribution in [2.45, 2.75) is 33.6 Å². The molecule has 2 aromatic rings. The molecule has 5 heteroatoms. The molecule has 0 saturated carbocycles. The average Bonchev–Trinajstić information content (AvgIpc) is 2.45. The number of benzene rings is 1. The van der Waals surface area contributed by atoms with E-state index in [0.717, 1.165) is 41.5 Å². The molecule has 2 rings (SSSR count). The highest BCUT2D eigenvalue weighted by atomic mass is 35.5. The Morgan fingerprint density at radius 3 is 2.76 bits per heavy atom. The molecule has 0 saturated heterocycles. The molecule has 1 heterocycles. The van der Waals surface area contributed by atoms with E-state index in [1.54, 1.807) is 0 Å². The predicted molar refractivity (Wildman–Crippen MR) is 86.7 cm³/mol. The van der Waals surface area contributed by atoms with Crippen LogP contribution in [0.1, 0.15) is 31.7 Å². The van der Waals surface area contributed by atoms with Gasteiger partial charge in [-0.1, -0.05) is 24.6 Å². The molecule has 0 spiro atoms. The first kappa shape index (κ1) is 15.6. The van der Waals surface area contributed by atoms with Crippen LogP contribution in [0.2, 0.25) is 5.15 Å². The third-order valence-corrected chi connectivity index (χ3v) is 3.38. The van der Waals surface area contributed by atoms with Crippen molar-refractivity contribution >= 4 is 23.1 Å². The van der Waals surface area contributed by atoms with Gasteiger partial charge in [0, 0.05) is 23.7 Å². The van der Waals surface area contributed by atoms with E-state index < -0.39 is 0 Å². The first-order valence-corrected chi connectivity index (χ1v) is 7.54. The Morgan fingerprint density at radius 2 is 2.05 bits per heavy atom. The van der Waals surface area contributed by atoms with E-state index in [1.807, 2.05) is 38.1 Å². The summed E-state index contributed by atoms with van der Waals surface area (Å²) in [6.07, 6.45) is 1.80. The van der Waals surface area contributed by atoms with Crippen LogP contribution in [0.25, 0.3) is 0 Å². The van der Waals surface area contributed by atoms with Gasteiger partial charge in [0.15, 0.2) is 0 Å². The lowest BCUT2D eigenvalue weighted by Crippen LogP contribution is -2.04. The molecule has 1 aromatic carbocycles. The molecule has 0 aliphatic carbocycles. The van der Waals surface area contributed by atoms with E-state index in [2.05, 4.69) is 22.2 Å². The molecule has 21 heavy (non-hydrogen) atoms. The fourth-order valence-electron chi connectivity index (χ4n) is 1.96. The highest BCUT2D eigenvalue weighted by molar-refractivity contribution is 6.30. The van der Waals surface area contributed by atoms with Gasteiger partial charge in [-0.15, -0.1) is 0 Å². The quantitative estimate of drug-likeness (QED) is 0.796. The van der Waals surface area contributed by atoms with Crippen molar-refractivity contribution in [1.82, 2.24) is 9.97 Å². The largest absolute Gasteiger partial charge is 0.494 e. The molecule has 4 nitrogen and oxygen atoms in total. The second kappa shape index (κ2) is 7.27. The van der Waals surface area contributed by atoms with Crippen LogP contribution < -0.4 is 10.1 Å². The number of aryl methyl sites for hydroxylation is 1. The maximum atomic E-state index is 6.19. The highest BCUT2D eigenvalue weighted by Gasteiger charge is 2.09. The second-order valence-corrected chi connectivity index (χ2v) is 5.10. The number of aromatic nitrogens is 2. The summed E-state index contributed by atoms with van der Waals surface area (Å²) in [4.78, 5) is 8.85. The Kier molecular flexibility index (Phi) is 5.39. The zero-order chi connectivity index (χ0) is 15.2. The van der Waals surface area contributed by atoms with Crippen molar-refractivity contribution in [2.24, 2.45) is 0 Å². The van der Waals surface area contributed by atoms with Crippen LogP contribution in [0.15, 0.2) is 24.3 Å². The topological polar surface area (TPSA) is 47.0 Å². The van der Waals surface area contributed by atoms with Gasteiger partial charge in [0.25, 0.3) is 0 Å². The van der Waals surface area contributed by atoms with E-state index in [-0.39, 0.29) is 0 Å². The summed E-state index contributed by atoms with van der Waals surface area (Å²) in [6.45, 7) is 6.61. The van der Waals surface area contributed by atoms with Crippen LogP contribution in [0.5, 0.6) is 5.75 Å². The van der Waals surface area contributed by atoms with E-state index >= 15 is 0 Å². The molecule has 0 aliphatic rings. The molecule has 0 bridgehead atoms. The Balaban J connectivity index is 2.27. The van der Waals surface area contributed by atoms with Gasteiger partial charge in [0.2, 0.25) is 0 Å². The van der Waals surface area contributed by atoms with Gasteiger partial charge >= 0.3 is 0 Å². The molecule has 0 unspecified atom stereocenters. The molecular weight excluding hydrogens is 286 g/mol. The Labute approximate surface area is 130 Å². The zero-order valence-electron chi connectivity index (χ0n) is 12.6. The lowest BCUT2D eigenvalue weighted by atomic mass is 10.2. The van der Waals surface area contributed by atoms with Crippen LogP contribution in [-0.2, 0) is 6.42 Å². The number of anilines is 2. The summed E-state index contributed by atoms with van der Waals surface area (Å²) >= 11 is 6.19. The van der Waals surface area contributed by atoms with Crippen LogP contribution >= 0.6 is 11.6 Å². The average molecular weight is 306 g/mol. The molecule has 1 aromatic heterocycles. The van der Waals surface area contributed by atoms with E-state index in [4.69, 9.17) is 16.3 Å². The van der Waals surface area contributed by atoms with Crippen molar-refractivity contribution in [3.63, 3.8) is 0 Å². The first-order chi connectivity index (χ1) is 10.1. The molecular formula is C16H20ClN3O. The van der Waals surface area contributed by atoms with Gasteiger partial charge in [-0.2, -0.15) is 0 Å². The molecule has 0 atom stereocenters. The van der Waals surface area contributed by atoms with Crippen LogP contribution in [0, 0.1) is 6.92 Å². The third kappa shape index (κ3) is 4.08. The van der Waals surface area contributed by atoms with Crippen LogP contribution in [0.3, 0.4) is 0 Å². The van der Waals surface area contributed by atoms with Gasteiger partial charge < -0.3 is 10.1 Å². The van der Waals surface area contributed by atoms with Crippen molar-refractivity contribution < 1.29 is 4.74 Å². The Morgan fingerprint density at radius 1 is 1.24 bits per heavy atom. The van der Waals surface area contributed by atoms with Crippen molar-refractivity contribution in [1.29, 1.82) is 0 Å². The fourth-order valence-corrected chi connectivity index (χ4v) is 2.14. The summed E-state index contributed by atoms with van der Waals surface area (Å²) in [7, 11) is 0. The van der Waals surface area contributed by atoms with Crippen molar-refractivity contribution in [3.8, 4) is 5.75 Å². The number of halogens is 1. The number of nitrogens with zero attached hydrogens (tertiary/aromatic N) is 2. The van der Waals surface area contributed by atoms with E-state index in [9.17, 15) is 0 Å². The molecule has 0 aliphatic heterocycles. The summed E-state index contributed by atoms with van der Waals surface area (Å²) < 4.78 is 5.50. The molecule has 0 fully saturated rings. The van der Waals surface area contributed by atoms with Gasteiger partial charge in [0.05, 0.1) is 6.61 Å². The van der Waals surface area contributed by atoms with Crippen LogP contribution in [-0.4, -0.2) is 16.6 Å². The lowest BCUT2D eigenvalue weighted by molar-refractivity contribution is 0.340. The maximum Gasteiger partial charge on any atom is 0.138 e. The standard InChI is InChI=1S/C16H20ClN3O/c1-4-7-14-19-15(17)11(3)16(20-14)18-12-8-6-9-13(10-12)21-5-2/h6,8-10H,4-5,7H2,1-3H3,(H,18,19,20). The number of nitrogens with one attached hydrogen (secondary N) is 1. The van der Waals surface area contributed by atoms with E-state index in [1.165, 1.54) is 0 Å². The third-order valence-electron chi connectivity index (χ3n) is 3.01. The minimum Gasteiger partial charge on any atom is -0.494 e. The van der Waals surface area contributed by atoms with Gasteiger partial charge in [0.1, 0.15) is 22.5 Å². The normalized spacial score (nSPS) is 10.5. The first-order valence-electron chi connectivity index (χ1n) is 7.17. The summed E-state index contributed by atoms with van der Waals surface area (Å²) in [5, 5.41) is 3.79. The zero-order valence-corrected chi connectivity index (χ0v) is 13.4. The maximum absolute atomic E-state index is 6.19. The number of rotatable bonds is 6. The summed E-state index contributed by atoms with van der Waals surface area (Å²) in [5.74, 6) is 2.33. The highest BCUT2D eigenvalue weighted by Crippen LogP contribution is 2.25. The monoisotopic (exact) mass is 305 g/mol. The summed E-state index contributed by atoms with van der Waals surface area (Å²) in [5.41, 5.74) is 1.76. The summed E-state index contributed by atoms with van der Waals surface area (Å²) in [6, 6.07) is 7.78. The number of ether oxygens (including phenoxy) is 1. The fraction of sp³-hybridized carbons (Fsp3) is 0.375. The van der Waals surface area contributed by atoms with E-state index in [0.29, 0.717) is 11.8 Å². The van der Waals surface area contributed by atoms with Gasteiger partial charge in [-0.3, -0.25) is 0 Å². The van der Waals surface area contributed by atoms with Crippen LogP contribution in [0.4, 0.5) is 11.5 Å². The van der Waals surface area contributed by atoms with Crippen molar-refractivity contribution in [3.05, 3.63) is 40.8 Å². The Bertz CT molecular complexity index is 616. The minimum absolute atomic E-state index is 0.497. The number of hydrogen-bond donors (Lipinski definition) is 1. The SMILES string of the molecule is CCCc1nc(Cl)c(C)c(Nc2cccc(OCC)c2)n1. The predicted octanol–water partition coefficient (Wildman–Crippen LogP) is 4.53. The molecule has 0 amide bonds. The van der Waals surface area contributed by atoms with Gasteiger partial charge in [-0.25, -0.2) is 9.97 Å².